The van der Waals surface area contributed by atoms with Gasteiger partial charge in [0.25, 0.3) is 11.8 Å². The minimum absolute atomic E-state index is 0.125. The molecule has 2 amide bonds. The summed E-state index contributed by atoms with van der Waals surface area (Å²) in [6.45, 7) is 2.03. The number of ether oxygens (including phenoxy) is 1. The monoisotopic (exact) mass is 438 g/mol. The van der Waals surface area contributed by atoms with Gasteiger partial charge in [0.05, 0.1) is 0 Å². The quantitative estimate of drug-likeness (QED) is 0.620. The first-order valence-corrected chi connectivity index (χ1v) is 10.2. The first-order valence-electron chi connectivity index (χ1n) is 9.79. The third kappa shape index (κ3) is 4.70. The molecule has 0 spiro atoms. The topological polar surface area (TPSA) is 58.6 Å². The van der Waals surface area contributed by atoms with E-state index in [-0.39, 0.29) is 30.7 Å². The van der Waals surface area contributed by atoms with E-state index in [2.05, 4.69) is 5.32 Å². The van der Waals surface area contributed by atoms with Gasteiger partial charge in [0, 0.05) is 40.5 Å². The van der Waals surface area contributed by atoms with Gasteiger partial charge in [0.15, 0.2) is 6.10 Å². The van der Waals surface area contributed by atoms with Crippen LogP contribution < -0.4 is 10.1 Å². The largest absolute Gasteiger partial charge is 0.481 e. The van der Waals surface area contributed by atoms with E-state index in [0.29, 0.717) is 27.6 Å². The second-order valence-corrected chi connectivity index (χ2v) is 7.77. The molecule has 3 aromatic rings. The van der Waals surface area contributed by atoms with Crippen LogP contribution in [0.2, 0.25) is 5.02 Å². The standard InChI is InChI=1S/C24H20ClFN2O3/c1-15-24(30)28(13-17-4-2-3-5-21(17)26)14-18-12-20(10-11-22(18)31-15)27-23(29)16-6-8-19(25)9-7-16/h2-12,15H,13-14H2,1H3,(H,27,29). The second-order valence-electron chi connectivity index (χ2n) is 7.33. The molecule has 0 saturated carbocycles. The molecule has 7 heteroatoms. The van der Waals surface area contributed by atoms with Gasteiger partial charge in [0.2, 0.25) is 0 Å². The summed E-state index contributed by atoms with van der Waals surface area (Å²) in [5.74, 6) is -0.316. The zero-order valence-electron chi connectivity index (χ0n) is 16.8. The molecule has 1 N–H and O–H groups in total. The Kier molecular flexibility index (Phi) is 5.91. The second kappa shape index (κ2) is 8.78. The van der Waals surface area contributed by atoms with Crippen molar-refractivity contribution in [2.75, 3.05) is 5.32 Å². The molecule has 0 bridgehead atoms. The van der Waals surface area contributed by atoms with E-state index in [0.717, 1.165) is 5.56 Å². The molecule has 1 atom stereocenters. The van der Waals surface area contributed by atoms with Crippen LogP contribution in [0.15, 0.2) is 66.7 Å². The van der Waals surface area contributed by atoms with Crippen LogP contribution in [0.25, 0.3) is 0 Å². The van der Waals surface area contributed by atoms with Crippen molar-refractivity contribution in [1.29, 1.82) is 0 Å². The number of rotatable bonds is 4. The molecular formula is C24H20ClFN2O3. The number of carbonyl (C=O) groups excluding carboxylic acids is 2. The van der Waals surface area contributed by atoms with Crippen LogP contribution in [0, 0.1) is 5.82 Å². The molecule has 3 aromatic carbocycles. The van der Waals surface area contributed by atoms with E-state index in [9.17, 15) is 14.0 Å². The van der Waals surface area contributed by atoms with Crippen molar-refractivity contribution < 1.29 is 18.7 Å². The number of nitrogens with zero attached hydrogens (tertiary/aromatic N) is 1. The molecule has 1 aliphatic rings. The van der Waals surface area contributed by atoms with Crippen LogP contribution in [-0.4, -0.2) is 22.8 Å². The number of carbonyl (C=O) groups is 2. The molecule has 0 aromatic heterocycles. The van der Waals surface area contributed by atoms with E-state index >= 15 is 0 Å². The van der Waals surface area contributed by atoms with Crippen molar-refractivity contribution >= 4 is 29.1 Å². The third-order valence-electron chi connectivity index (χ3n) is 5.07. The Labute approximate surface area is 184 Å². The zero-order valence-corrected chi connectivity index (χ0v) is 17.5. The molecular weight excluding hydrogens is 419 g/mol. The predicted molar refractivity (Wildman–Crippen MR) is 117 cm³/mol. The number of nitrogens with one attached hydrogen (secondary N) is 1. The fourth-order valence-corrected chi connectivity index (χ4v) is 3.57. The summed E-state index contributed by atoms with van der Waals surface area (Å²) < 4.78 is 19.9. The van der Waals surface area contributed by atoms with Crippen LogP contribution in [0.5, 0.6) is 5.75 Å². The summed E-state index contributed by atoms with van der Waals surface area (Å²) in [6.07, 6.45) is -0.706. The van der Waals surface area contributed by atoms with Crippen molar-refractivity contribution in [1.82, 2.24) is 4.90 Å². The molecule has 1 heterocycles. The van der Waals surface area contributed by atoms with Crippen molar-refractivity contribution in [2.45, 2.75) is 26.1 Å². The van der Waals surface area contributed by atoms with E-state index in [4.69, 9.17) is 16.3 Å². The first kappa shape index (κ1) is 20.9. The number of anilines is 1. The average Bonchev–Trinajstić information content (AvgIpc) is 2.87. The van der Waals surface area contributed by atoms with Gasteiger partial charge in [-0.25, -0.2) is 4.39 Å². The van der Waals surface area contributed by atoms with Crippen molar-refractivity contribution in [2.24, 2.45) is 0 Å². The Morgan fingerprint density at radius 1 is 1.16 bits per heavy atom. The number of amides is 2. The molecule has 5 nitrogen and oxygen atoms in total. The highest BCUT2D eigenvalue weighted by atomic mass is 35.5. The van der Waals surface area contributed by atoms with Gasteiger partial charge in [-0.2, -0.15) is 0 Å². The maximum Gasteiger partial charge on any atom is 0.263 e. The molecule has 158 valence electrons. The lowest BCUT2D eigenvalue weighted by Gasteiger charge is -2.22. The Morgan fingerprint density at radius 2 is 1.90 bits per heavy atom. The van der Waals surface area contributed by atoms with Crippen molar-refractivity contribution in [3.63, 3.8) is 0 Å². The van der Waals surface area contributed by atoms with Crippen LogP contribution in [-0.2, 0) is 17.9 Å². The summed E-state index contributed by atoms with van der Waals surface area (Å²) >= 11 is 5.88. The predicted octanol–water partition coefficient (Wildman–Crippen LogP) is 5.04. The van der Waals surface area contributed by atoms with Crippen LogP contribution >= 0.6 is 11.6 Å². The van der Waals surface area contributed by atoms with Gasteiger partial charge in [-0.1, -0.05) is 29.8 Å². The molecule has 31 heavy (non-hydrogen) atoms. The maximum atomic E-state index is 14.1. The fraction of sp³-hybridized carbons (Fsp3) is 0.167. The van der Waals surface area contributed by atoms with E-state index in [1.54, 1.807) is 72.5 Å². The molecule has 0 saturated heterocycles. The molecule has 1 unspecified atom stereocenters. The minimum atomic E-state index is -0.706. The summed E-state index contributed by atoms with van der Waals surface area (Å²) in [5.41, 5.74) is 2.19. The van der Waals surface area contributed by atoms with E-state index < -0.39 is 6.10 Å². The number of hydrogen-bond acceptors (Lipinski definition) is 3. The molecule has 1 aliphatic heterocycles. The van der Waals surface area contributed by atoms with Gasteiger partial charge in [-0.3, -0.25) is 9.59 Å². The molecule has 4 rings (SSSR count). The average molecular weight is 439 g/mol. The summed E-state index contributed by atoms with van der Waals surface area (Å²) in [5, 5.41) is 3.39. The lowest BCUT2D eigenvalue weighted by atomic mass is 10.1. The Balaban J connectivity index is 1.57. The normalized spacial score (nSPS) is 15.6. The highest BCUT2D eigenvalue weighted by molar-refractivity contribution is 6.30. The lowest BCUT2D eigenvalue weighted by Crippen LogP contribution is -2.37. The third-order valence-corrected chi connectivity index (χ3v) is 5.32. The van der Waals surface area contributed by atoms with Gasteiger partial charge >= 0.3 is 0 Å². The molecule has 0 aliphatic carbocycles. The van der Waals surface area contributed by atoms with Gasteiger partial charge in [-0.05, 0) is 55.5 Å². The fourth-order valence-electron chi connectivity index (χ4n) is 3.45. The maximum absolute atomic E-state index is 14.1. The van der Waals surface area contributed by atoms with Crippen LogP contribution in [0.4, 0.5) is 10.1 Å². The number of halogens is 2. The first-order chi connectivity index (χ1) is 14.9. The summed E-state index contributed by atoms with van der Waals surface area (Å²) in [7, 11) is 0. The molecule has 0 fully saturated rings. The van der Waals surface area contributed by atoms with Crippen molar-refractivity contribution in [3.05, 3.63) is 94.3 Å². The lowest BCUT2D eigenvalue weighted by molar-refractivity contribution is -0.138. The minimum Gasteiger partial charge on any atom is -0.481 e. The summed E-state index contributed by atoms with van der Waals surface area (Å²) in [4.78, 5) is 26.9. The van der Waals surface area contributed by atoms with Crippen LogP contribution in [0.1, 0.15) is 28.4 Å². The van der Waals surface area contributed by atoms with E-state index in [1.807, 2.05) is 0 Å². The highest BCUT2D eigenvalue weighted by Gasteiger charge is 2.28. The number of benzene rings is 3. The SMILES string of the molecule is CC1Oc2ccc(NC(=O)c3ccc(Cl)cc3)cc2CN(Cc2ccccc2F)C1=O. The Morgan fingerprint density at radius 3 is 2.65 bits per heavy atom. The highest BCUT2D eigenvalue weighted by Crippen LogP contribution is 2.30. The van der Waals surface area contributed by atoms with Gasteiger partial charge < -0.3 is 15.0 Å². The Bertz CT molecular complexity index is 1130. The number of hydrogen-bond donors (Lipinski definition) is 1. The molecule has 0 radical (unpaired) electrons. The zero-order chi connectivity index (χ0) is 22.0. The number of fused-ring (bicyclic) bond motifs is 1. The van der Waals surface area contributed by atoms with Gasteiger partial charge in [0.1, 0.15) is 11.6 Å². The van der Waals surface area contributed by atoms with Gasteiger partial charge in [-0.15, -0.1) is 0 Å². The summed E-state index contributed by atoms with van der Waals surface area (Å²) in [6, 6.07) is 18.2. The smallest absolute Gasteiger partial charge is 0.263 e. The van der Waals surface area contributed by atoms with E-state index in [1.165, 1.54) is 6.07 Å². The Hall–Kier alpha value is -3.38. The van der Waals surface area contributed by atoms with Crippen molar-refractivity contribution in [3.8, 4) is 5.75 Å². The van der Waals surface area contributed by atoms with Crippen LogP contribution in [0.3, 0.4) is 0 Å².